The Morgan fingerprint density at radius 1 is 0.867 bits per heavy atom. The molecular formula is C20H13ClF3N5S. The van der Waals surface area contributed by atoms with Crippen LogP contribution in [0, 0.1) is 0 Å². The maximum Gasteiger partial charge on any atom is 0.416 e. The molecule has 3 heterocycles. The average molecular weight is 448 g/mol. The Bertz CT molecular complexity index is 1130. The van der Waals surface area contributed by atoms with Crippen molar-refractivity contribution in [3.05, 3.63) is 76.2 Å². The number of anilines is 4. The third-order valence-electron chi connectivity index (χ3n) is 4.08. The van der Waals surface area contributed by atoms with Crippen molar-refractivity contribution in [3.8, 4) is 11.1 Å². The summed E-state index contributed by atoms with van der Waals surface area (Å²) in [6, 6.07) is 10.3. The van der Waals surface area contributed by atoms with Gasteiger partial charge >= 0.3 is 6.18 Å². The highest BCUT2D eigenvalue weighted by molar-refractivity contribution is 7.08. The highest BCUT2D eigenvalue weighted by atomic mass is 35.5. The second-order valence-corrected chi connectivity index (χ2v) is 7.35. The standard InChI is InChI=1S/C20H13ClF3N5S/c21-16-10-26-19(28-17-6-1-12(9-25-17)13-7-8-30-11-13)29-18(16)27-15-4-2-14(3-5-15)20(22,23)24/h1-11H,(H2,25,26,27,28,29). The van der Waals surface area contributed by atoms with Gasteiger partial charge in [-0.2, -0.15) is 29.5 Å². The molecule has 0 spiro atoms. The lowest BCUT2D eigenvalue weighted by molar-refractivity contribution is -0.137. The Morgan fingerprint density at radius 2 is 1.67 bits per heavy atom. The van der Waals surface area contributed by atoms with Crippen LogP contribution in [0.15, 0.2) is 65.6 Å². The molecule has 4 rings (SSSR count). The van der Waals surface area contributed by atoms with Crippen LogP contribution >= 0.6 is 22.9 Å². The molecule has 0 atom stereocenters. The first-order valence-corrected chi connectivity index (χ1v) is 9.93. The molecule has 4 aromatic rings. The molecule has 0 saturated carbocycles. The van der Waals surface area contributed by atoms with E-state index in [9.17, 15) is 13.2 Å². The Labute approximate surface area is 178 Å². The number of nitrogens with one attached hydrogen (secondary N) is 2. The van der Waals surface area contributed by atoms with Crippen LogP contribution in [-0.2, 0) is 6.18 Å². The minimum Gasteiger partial charge on any atom is -0.339 e. The molecule has 0 aliphatic heterocycles. The molecule has 0 bridgehead atoms. The molecule has 10 heteroatoms. The first kappa shape index (κ1) is 20.1. The van der Waals surface area contributed by atoms with Gasteiger partial charge in [0.25, 0.3) is 0 Å². The molecule has 1 aromatic carbocycles. The van der Waals surface area contributed by atoms with E-state index in [4.69, 9.17) is 11.6 Å². The number of pyridine rings is 1. The van der Waals surface area contributed by atoms with Gasteiger partial charge in [0, 0.05) is 17.4 Å². The number of thiophene rings is 1. The first-order valence-electron chi connectivity index (χ1n) is 8.61. The molecule has 0 unspecified atom stereocenters. The van der Waals surface area contributed by atoms with Gasteiger partial charge < -0.3 is 10.6 Å². The van der Waals surface area contributed by atoms with Crippen LogP contribution in [0.1, 0.15) is 5.56 Å². The van der Waals surface area contributed by atoms with E-state index >= 15 is 0 Å². The van der Waals surface area contributed by atoms with Crippen LogP contribution in [0.25, 0.3) is 11.1 Å². The number of halogens is 4. The lowest BCUT2D eigenvalue weighted by Gasteiger charge is -2.11. The molecule has 3 aromatic heterocycles. The van der Waals surface area contributed by atoms with Crippen molar-refractivity contribution in [3.63, 3.8) is 0 Å². The number of rotatable bonds is 5. The molecule has 0 aliphatic carbocycles. The van der Waals surface area contributed by atoms with Gasteiger partial charge in [0.15, 0.2) is 5.82 Å². The molecule has 5 nitrogen and oxygen atoms in total. The number of hydrogen-bond donors (Lipinski definition) is 2. The first-order chi connectivity index (χ1) is 14.4. The van der Waals surface area contributed by atoms with Crippen LogP contribution in [0.4, 0.5) is 36.4 Å². The lowest BCUT2D eigenvalue weighted by Crippen LogP contribution is -2.05. The van der Waals surface area contributed by atoms with E-state index in [-0.39, 0.29) is 16.8 Å². The van der Waals surface area contributed by atoms with Gasteiger partial charge in [-0.25, -0.2) is 9.97 Å². The van der Waals surface area contributed by atoms with Crippen molar-refractivity contribution in [2.24, 2.45) is 0 Å². The SMILES string of the molecule is FC(F)(F)c1ccc(Nc2nc(Nc3ccc(-c4ccsc4)cn3)ncc2Cl)cc1. The Morgan fingerprint density at radius 3 is 2.30 bits per heavy atom. The van der Waals surface area contributed by atoms with Crippen LogP contribution in [0.5, 0.6) is 0 Å². The minimum absolute atomic E-state index is 0.223. The summed E-state index contributed by atoms with van der Waals surface area (Å²) in [4.78, 5) is 12.7. The van der Waals surface area contributed by atoms with E-state index in [0.717, 1.165) is 23.3 Å². The predicted molar refractivity (Wildman–Crippen MR) is 113 cm³/mol. The van der Waals surface area contributed by atoms with Crippen molar-refractivity contribution in [1.82, 2.24) is 15.0 Å². The number of nitrogens with zero attached hydrogens (tertiary/aromatic N) is 3. The summed E-state index contributed by atoms with van der Waals surface area (Å²) in [6.45, 7) is 0. The second-order valence-electron chi connectivity index (χ2n) is 6.16. The fraction of sp³-hybridized carbons (Fsp3) is 0.0500. The predicted octanol–water partition coefficient (Wildman–Crippen LogP) is 6.76. The van der Waals surface area contributed by atoms with E-state index in [1.807, 2.05) is 22.9 Å². The third kappa shape index (κ3) is 4.69. The van der Waals surface area contributed by atoms with Crippen LogP contribution in [0.3, 0.4) is 0 Å². The molecular weight excluding hydrogens is 435 g/mol. The molecule has 2 N–H and O–H groups in total. The van der Waals surface area contributed by atoms with Crippen LogP contribution < -0.4 is 10.6 Å². The third-order valence-corrected chi connectivity index (χ3v) is 5.04. The zero-order valence-corrected chi connectivity index (χ0v) is 16.7. The number of aromatic nitrogens is 3. The molecule has 0 amide bonds. The monoisotopic (exact) mass is 447 g/mol. The van der Waals surface area contributed by atoms with Crippen molar-refractivity contribution in [2.45, 2.75) is 6.18 Å². The van der Waals surface area contributed by atoms with Crippen molar-refractivity contribution < 1.29 is 13.2 Å². The average Bonchev–Trinajstić information content (AvgIpc) is 3.26. The fourth-order valence-corrected chi connectivity index (χ4v) is 3.38. The van der Waals surface area contributed by atoms with E-state index in [0.29, 0.717) is 11.5 Å². The molecule has 0 fully saturated rings. The molecule has 30 heavy (non-hydrogen) atoms. The molecule has 0 saturated heterocycles. The molecule has 0 aliphatic rings. The Hall–Kier alpha value is -3.17. The highest BCUT2D eigenvalue weighted by Crippen LogP contribution is 2.31. The zero-order valence-electron chi connectivity index (χ0n) is 15.1. The molecule has 152 valence electrons. The van der Waals surface area contributed by atoms with Crippen molar-refractivity contribution in [1.29, 1.82) is 0 Å². The van der Waals surface area contributed by atoms with Crippen LogP contribution in [-0.4, -0.2) is 15.0 Å². The topological polar surface area (TPSA) is 62.7 Å². The maximum absolute atomic E-state index is 12.7. The minimum atomic E-state index is -4.39. The largest absolute Gasteiger partial charge is 0.416 e. The summed E-state index contributed by atoms with van der Waals surface area (Å²) in [5.74, 6) is 1.03. The fourth-order valence-electron chi connectivity index (χ4n) is 2.58. The smallest absolute Gasteiger partial charge is 0.339 e. The van der Waals surface area contributed by atoms with E-state index in [1.54, 1.807) is 23.6 Å². The van der Waals surface area contributed by atoms with Gasteiger partial charge in [0.1, 0.15) is 10.8 Å². The number of benzene rings is 1. The van der Waals surface area contributed by atoms with E-state index < -0.39 is 11.7 Å². The van der Waals surface area contributed by atoms with Gasteiger partial charge in [-0.15, -0.1) is 0 Å². The van der Waals surface area contributed by atoms with Crippen molar-refractivity contribution in [2.75, 3.05) is 10.6 Å². The van der Waals surface area contributed by atoms with Gasteiger partial charge in [-0.05, 0) is 58.8 Å². The summed E-state index contributed by atoms with van der Waals surface area (Å²) in [6.07, 6.45) is -1.27. The summed E-state index contributed by atoms with van der Waals surface area (Å²) in [5, 5.41) is 10.1. The number of hydrogen-bond acceptors (Lipinski definition) is 6. The Kier molecular flexibility index (Phi) is 5.56. The Balaban J connectivity index is 1.49. The second kappa shape index (κ2) is 8.29. The lowest BCUT2D eigenvalue weighted by atomic mass is 10.1. The van der Waals surface area contributed by atoms with Gasteiger partial charge in [-0.3, -0.25) is 0 Å². The number of alkyl halides is 3. The molecule has 0 radical (unpaired) electrons. The van der Waals surface area contributed by atoms with Crippen molar-refractivity contribution >= 4 is 46.2 Å². The van der Waals surface area contributed by atoms with Gasteiger partial charge in [-0.1, -0.05) is 11.6 Å². The quantitative estimate of drug-likeness (QED) is 0.354. The summed E-state index contributed by atoms with van der Waals surface area (Å²) in [5.41, 5.74) is 1.75. The van der Waals surface area contributed by atoms with E-state index in [1.165, 1.54) is 18.3 Å². The summed E-state index contributed by atoms with van der Waals surface area (Å²) in [7, 11) is 0. The van der Waals surface area contributed by atoms with Gasteiger partial charge in [0.2, 0.25) is 5.95 Å². The van der Waals surface area contributed by atoms with Crippen LogP contribution in [0.2, 0.25) is 5.02 Å². The zero-order chi connectivity index (χ0) is 21.1. The summed E-state index contributed by atoms with van der Waals surface area (Å²) < 4.78 is 38.1. The summed E-state index contributed by atoms with van der Waals surface area (Å²) >= 11 is 7.73. The highest BCUT2D eigenvalue weighted by Gasteiger charge is 2.29. The van der Waals surface area contributed by atoms with Gasteiger partial charge in [0.05, 0.1) is 11.8 Å². The maximum atomic E-state index is 12.7. The van der Waals surface area contributed by atoms with E-state index in [2.05, 4.69) is 25.6 Å². The normalized spacial score (nSPS) is 11.3.